The van der Waals surface area contributed by atoms with Crippen molar-refractivity contribution in [3.8, 4) is 5.75 Å². The highest BCUT2D eigenvalue weighted by molar-refractivity contribution is 6.31. The van der Waals surface area contributed by atoms with Crippen LogP contribution in [0.1, 0.15) is 19.4 Å². The summed E-state index contributed by atoms with van der Waals surface area (Å²) in [6.07, 6.45) is 0. The first-order valence-corrected chi connectivity index (χ1v) is 10.6. The van der Waals surface area contributed by atoms with Gasteiger partial charge >= 0.3 is 0 Å². The Bertz CT molecular complexity index is 1190. The van der Waals surface area contributed by atoms with Crippen molar-refractivity contribution in [2.45, 2.75) is 20.4 Å². The second kappa shape index (κ2) is 8.90. The minimum Gasteiger partial charge on any atom is -0.497 e. The molecule has 0 aliphatic rings. The molecule has 3 aromatic carbocycles. The Hall–Kier alpha value is -2.82. The van der Waals surface area contributed by atoms with Gasteiger partial charge in [-0.3, -0.25) is 4.90 Å². The lowest BCUT2D eigenvalue weighted by molar-refractivity contribution is 0.296. The summed E-state index contributed by atoms with van der Waals surface area (Å²) in [4.78, 5) is 7.21. The zero-order valence-electron chi connectivity index (χ0n) is 17.6. The third kappa shape index (κ3) is 4.20. The molecule has 0 atom stereocenters. The molecular weight excluding hydrogens is 394 g/mol. The van der Waals surface area contributed by atoms with Crippen LogP contribution >= 0.6 is 11.6 Å². The molecule has 5 heteroatoms. The van der Waals surface area contributed by atoms with E-state index in [0.29, 0.717) is 5.02 Å². The fourth-order valence-electron chi connectivity index (χ4n) is 3.76. The van der Waals surface area contributed by atoms with Gasteiger partial charge < -0.3 is 10.1 Å². The number of methoxy groups -OCH3 is 1. The van der Waals surface area contributed by atoms with Crippen LogP contribution in [0.15, 0.2) is 60.7 Å². The van der Waals surface area contributed by atoms with Crippen molar-refractivity contribution in [1.29, 1.82) is 0 Å². The molecule has 0 unspecified atom stereocenters. The van der Waals surface area contributed by atoms with Gasteiger partial charge in [-0.05, 0) is 67.2 Å². The van der Waals surface area contributed by atoms with Crippen molar-refractivity contribution in [1.82, 2.24) is 9.88 Å². The molecule has 30 heavy (non-hydrogen) atoms. The highest BCUT2D eigenvalue weighted by Crippen LogP contribution is 2.36. The van der Waals surface area contributed by atoms with Crippen LogP contribution in [-0.2, 0) is 6.54 Å². The zero-order chi connectivity index (χ0) is 21.1. The molecule has 1 aromatic heterocycles. The van der Waals surface area contributed by atoms with Gasteiger partial charge in [0, 0.05) is 28.0 Å². The number of nitrogens with zero attached hydrogens (tertiary/aromatic N) is 2. The molecule has 0 radical (unpaired) electrons. The average molecular weight is 420 g/mol. The minimum absolute atomic E-state index is 0.676. The lowest BCUT2D eigenvalue weighted by atomic mass is 10.1. The van der Waals surface area contributed by atoms with Gasteiger partial charge in [-0.25, -0.2) is 4.98 Å². The van der Waals surface area contributed by atoms with Gasteiger partial charge in [0.05, 0.1) is 23.8 Å². The Morgan fingerprint density at radius 2 is 1.77 bits per heavy atom. The van der Waals surface area contributed by atoms with E-state index in [4.69, 9.17) is 21.3 Å². The van der Waals surface area contributed by atoms with Crippen molar-refractivity contribution < 1.29 is 4.74 Å². The first-order chi connectivity index (χ1) is 14.6. The molecular formula is C25H26ClN3O. The van der Waals surface area contributed by atoms with E-state index >= 15 is 0 Å². The fraction of sp³-hybridized carbons (Fsp3) is 0.240. The molecule has 0 bridgehead atoms. The van der Waals surface area contributed by atoms with Crippen LogP contribution in [-0.4, -0.2) is 30.1 Å². The molecule has 1 heterocycles. The van der Waals surface area contributed by atoms with Gasteiger partial charge in [-0.1, -0.05) is 37.6 Å². The second-order valence-electron chi connectivity index (χ2n) is 7.32. The Morgan fingerprint density at radius 3 is 2.53 bits per heavy atom. The molecule has 154 valence electrons. The summed E-state index contributed by atoms with van der Waals surface area (Å²) in [5, 5.41) is 6.36. The Kier molecular flexibility index (Phi) is 6.07. The van der Waals surface area contributed by atoms with E-state index in [1.54, 1.807) is 7.11 Å². The Labute approximate surface area is 182 Å². The Morgan fingerprint density at radius 1 is 0.933 bits per heavy atom. The number of halogens is 1. The molecule has 0 aliphatic carbocycles. The number of anilines is 2. The van der Waals surface area contributed by atoms with Crippen molar-refractivity contribution >= 4 is 44.8 Å². The van der Waals surface area contributed by atoms with Crippen molar-refractivity contribution in [3.63, 3.8) is 0 Å². The SMILES string of the molecule is CCN(CC)Cc1cccc(Nc2c3ccc(Cl)cc3nc3ccc(OC)cc23)c1. The first kappa shape index (κ1) is 20.5. The third-order valence-electron chi connectivity index (χ3n) is 5.44. The van der Waals surface area contributed by atoms with E-state index in [2.05, 4.69) is 48.3 Å². The van der Waals surface area contributed by atoms with E-state index in [1.807, 2.05) is 36.4 Å². The van der Waals surface area contributed by atoms with Gasteiger partial charge in [-0.2, -0.15) is 0 Å². The first-order valence-electron chi connectivity index (χ1n) is 10.3. The molecule has 0 amide bonds. The van der Waals surface area contributed by atoms with Gasteiger partial charge in [-0.15, -0.1) is 0 Å². The molecule has 4 nitrogen and oxygen atoms in total. The lowest BCUT2D eigenvalue weighted by Crippen LogP contribution is -2.22. The van der Waals surface area contributed by atoms with E-state index in [-0.39, 0.29) is 0 Å². The predicted octanol–water partition coefficient (Wildman–Crippen LogP) is 6.64. The van der Waals surface area contributed by atoms with Crippen LogP contribution < -0.4 is 10.1 Å². The van der Waals surface area contributed by atoms with Crippen molar-refractivity contribution in [3.05, 3.63) is 71.2 Å². The zero-order valence-corrected chi connectivity index (χ0v) is 18.3. The molecule has 0 fully saturated rings. The fourth-order valence-corrected chi connectivity index (χ4v) is 3.92. The minimum atomic E-state index is 0.676. The predicted molar refractivity (Wildman–Crippen MR) is 127 cm³/mol. The quantitative estimate of drug-likeness (QED) is 0.341. The number of hydrogen-bond acceptors (Lipinski definition) is 4. The molecule has 0 saturated carbocycles. The van der Waals surface area contributed by atoms with Gasteiger partial charge in [0.15, 0.2) is 0 Å². The van der Waals surface area contributed by atoms with Crippen LogP contribution in [0, 0.1) is 0 Å². The van der Waals surface area contributed by atoms with Crippen molar-refractivity contribution in [2.75, 3.05) is 25.5 Å². The molecule has 4 rings (SSSR count). The van der Waals surface area contributed by atoms with Crippen LogP contribution in [0.5, 0.6) is 5.75 Å². The van der Waals surface area contributed by atoms with Crippen LogP contribution in [0.3, 0.4) is 0 Å². The molecule has 4 aromatic rings. The maximum absolute atomic E-state index is 6.24. The number of pyridine rings is 1. The maximum atomic E-state index is 6.24. The molecule has 0 saturated heterocycles. The number of ether oxygens (including phenoxy) is 1. The van der Waals surface area contributed by atoms with Crippen molar-refractivity contribution in [2.24, 2.45) is 0 Å². The van der Waals surface area contributed by atoms with Gasteiger partial charge in [0.2, 0.25) is 0 Å². The topological polar surface area (TPSA) is 37.4 Å². The standard InChI is InChI=1S/C25H26ClN3O/c1-4-29(5-2)16-17-7-6-8-19(13-17)27-25-21-11-9-18(26)14-24(21)28-23-12-10-20(30-3)15-22(23)25/h6-15H,4-5,16H2,1-3H3,(H,27,28). The van der Waals surface area contributed by atoms with E-state index in [9.17, 15) is 0 Å². The summed E-state index contributed by atoms with van der Waals surface area (Å²) in [6.45, 7) is 7.39. The third-order valence-corrected chi connectivity index (χ3v) is 5.68. The summed E-state index contributed by atoms with van der Waals surface area (Å²) in [6, 6.07) is 20.4. The number of aromatic nitrogens is 1. The highest BCUT2D eigenvalue weighted by atomic mass is 35.5. The summed E-state index contributed by atoms with van der Waals surface area (Å²) in [5.41, 5.74) is 5.10. The highest BCUT2D eigenvalue weighted by Gasteiger charge is 2.12. The number of rotatable bonds is 7. The smallest absolute Gasteiger partial charge is 0.119 e. The monoisotopic (exact) mass is 419 g/mol. The largest absolute Gasteiger partial charge is 0.497 e. The second-order valence-corrected chi connectivity index (χ2v) is 7.75. The van der Waals surface area contributed by atoms with E-state index < -0.39 is 0 Å². The summed E-state index contributed by atoms with van der Waals surface area (Å²) < 4.78 is 5.46. The number of benzene rings is 3. The summed E-state index contributed by atoms with van der Waals surface area (Å²) in [7, 11) is 1.68. The average Bonchev–Trinajstić information content (AvgIpc) is 2.77. The lowest BCUT2D eigenvalue weighted by Gasteiger charge is -2.19. The van der Waals surface area contributed by atoms with Gasteiger partial charge in [0.25, 0.3) is 0 Å². The number of fused-ring (bicyclic) bond motifs is 2. The van der Waals surface area contributed by atoms with Gasteiger partial charge in [0.1, 0.15) is 5.75 Å². The molecule has 1 N–H and O–H groups in total. The maximum Gasteiger partial charge on any atom is 0.119 e. The normalized spacial score (nSPS) is 11.4. The van der Waals surface area contributed by atoms with E-state index in [0.717, 1.165) is 58.6 Å². The number of hydrogen-bond donors (Lipinski definition) is 1. The Balaban J connectivity index is 1.82. The summed E-state index contributed by atoms with van der Waals surface area (Å²) in [5.74, 6) is 0.802. The van der Waals surface area contributed by atoms with Crippen LogP contribution in [0.2, 0.25) is 5.02 Å². The molecule has 0 spiro atoms. The summed E-state index contributed by atoms with van der Waals surface area (Å²) >= 11 is 6.24. The number of nitrogens with one attached hydrogen (secondary N) is 1. The van der Waals surface area contributed by atoms with Crippen LogP contribution in [0.25, 0.3) is 21.8 Å². The van der Waals surface area contributed by atoms with E-state index in [1.165, 1.54) is 5.56 Å². The van der Waals surface area contributed by atoms with Crippen LogP contribution in [0.4, 0.5) is 11.4 Å². The molecule has 0 aliphatic heterocycles.